The van der Waals surface area contributed by atoms with Gasteiger partial charge in [-0.25, -0.2) is 13.6 Å². The minimum atomic E-state index is -0.798. The minimum absolute atomic E-state index is 0.0457. The summed E-state index contributed by atoms with van der Waals surface area (Å²) in [7, 11) is 0. The number of thioether (sulfide) groups is 1. The van der Waals surface area contributed by atoms with E-state index < -0.39 is 23.0 Å². The molecule has 1 N–H and O–H groups in total. The number of ether oxygens (including phenoxy) is 1. The third-order valence-electron chi connectivity index (χ3n) is 4.86. The van der Waals surface area contributed by atoms with Gasteiger partial charge in [0.1, 0.15) is 17.1 Å². The number of hydrogen-bond acceptors (Lipinski definition) is 6. The Balaban J connectivity index is 1.95. The molecule has 1 aromatic carbocycles. The number of halogens is 2. The Kier molecular flexibility index (Phi) is 4.59. The highest BCUT2D eigenvalue weighted by atomic mass is 32.2. The van der Waals surface area contributed by atoms with Crippen molar-refractivity contribution >= 4 is 34.3 Å². The zero-order valence-corrected chi connectivity index (χ0v) is 15.8. The maximum Gasteiger partial charge on any atom is 0.344 e. The molecule has 0 aliphatic carbocycles. The van der Waals surface area contributed by atoms with E-state index >= 15 is 4.39 Å². The first-order chi connectivity index (χ1) is 12.9. The first-order valence-electron chi connectivity index (χ1n) is 8.80. The second-order valence-electron chi connectivity index (χ2n) is 6.65. The second kappa shape index (κ2) is 6.79. The Morgan fingerprint density at radius 3 is 2.85 bits per heavy atom. The molecule has 144 valence electrons. The van der Waals surface area contributed by atoms with Crippen molar-refractivity contribution in [2.24, 2.45) is 0 Å². The Morgan fingerprint density at radius 2 is 2.22 bits per heavy atom. The molecule has 1 atom stereocenters. The molecule has 0 saturated carbocycles. The van der Waals surface area contributed by atoms with Crippen LogP contribution in [0.15, 0.2) is 15.9 Å². The lowest BCUT2D eigenvalue weighted by atomic mass is 10.1. The number of pyridine rings is 1. The lowest BCUT2D eigenvalue weighted by Crippen LogP contribution is -2.49. The van der Waals surface area contributed by atoms with Crippen molar-refractivity contribution in [2.75, 3.05) is 31.1 Å². The molecule has 3 heterocycles. The average Bonchev–Trinajstić information content (AvgIpc) is 2.59. The minimum Gasteiger partial charge on any atom is -0.462 e. The number of benzene rings is 1. The molecule has 6 nitrogen and oxygen atoms in total. The van der Waals surface area contributed by atoms with E-state index in [1.807, 2.05) is 6.92 Å². The lowest BCUT2D eigenvalue weighted by molar-refractivity contribution is 0.0518. The van der Waals surface area contributed by atoms with E-state index in [9.17, 15) is 14.0 Å². The summed E-state index contributed by atoms with van der Waals surface area (Å²) in [5.41, 5.74) is -0.919. The Morgan fingerprint density at radius 1 is 1.44 bits per heavy atom. The maximum absolute atomic E-state index is 15.4. The number of carbonyl (C=O) groups excluding carboxylic acids is 1. The summed E-state index contributed by atoms with van der Waals surface area (Å²) in [4.78, 5) is 26.7. The molecule has 0 bridgehead atoms. The van der Waals surface area contributed by atoms with Gasteiger partial charge in [0.15, 0.2) is 5.82 Å². The molecule has 0 radical (unpaired) electrons. The molecule has 4 rings (SSSR count). The number of fused-ring (bicyclic) bond motifs is 3. The summed E-state index contributed by atoms with van der Waals surface area (Å²) in [5, 5.41) is 3.47. The predicted octanol–water partition coefficient (Wildman–Crippen LogP) is 2.32. The highest BCUT2D eigenvalue weighted by molar-refractivity contribution is 7.99. The van der Waals surface area contributed by atoms with Gasteiger partial charge in [-0.1, -0.05) is 11.8 Å². The van der Waals surface area contributed by atoms with Crippen LogP contribution < -0.4 is 15.6 Å². The fourth-order valence-electron chi connectivity index (χ4n) is 3.64. The van der Waals surface area contributed by atoms with Gasteiger partial charge in [-0.05, 0) is 19.9 Å². The first kappa shape index (κ1) is 18.2. The predicted molar refractivity (Wildman–Crippen MR) is 99.6 cm³/mol. The van der Waals surface area contributed by atoms with Crippen LogP contribution in [0.2, 0.25) is 0 Å². The van der Waals surface area contributed by atoms with Gasteiger partial charge >= 0.3 is 5.97 Å². The SMILES string of the molecule is CCOC(=O)c1c2n(c3c(F)c(N4CCNC(C)C4)c(F)cc3c1=O)CS2. The molecule has 2 aliphatic heterocycles. The van der Waals surface area contributed by atoms with Crippen LogP contribution in [0.25, 0.3) is 10.9 Å². The summed E-state index contributed by atoms with van der Waals surface area (Å²) in [6, 6.07) is 1.14. The number of aromatic nitrogens is 1. The summed E-state index contributed by atoms with van der Waals surface area (Å²) in [5.74, 6) is -1.93. The van der Waals surface area contributed by atoms with Gasteiger partial charge < -0.3 is 19.5 Å². The molecule has 9 heteroatoms. The second-order valence-corrected chi connectivity index (χ2v) is 7.58. The Bertz CT molecular complexity index is 1010. The van der Waals surface area contributed by atoms with E-state index in [2.05, 4.69) is 5.32 Å². The summed E-state index contributed by atoms with van der Waals surface area (Å²) >= 11 is 1.27. The number of hydrogen-bond donors (Lipinski definition) is 1. The fourth-order valence-corrected chi connectivity index (χ4v) is 4.57. The van der Waals surface area contributed by atoms with Gasteiger partial charge in [0, 0.05) is 25.7 Å². The van der Waals surface area contributed by atoms with E-state index in [1.54, 1.807) is 16.4 Å². The third kappa shape index (κ3) is 2.80. The molecule has 27 heavy (non-hydrogen) atoms. The normalized spacial score (nSPS) is 19.0. The van der Waals surface area contributed by atoms with Crippen molar-refractivity contribution in [2.45, 2.75) is 30.8 Å². The molecule has 0 spiro atoms. The highest BCUT2D eigenvalue weighted by Gasteiger charge is 2.33. The van der Waals surface area contributed by atoms with Crippen molar-refractivity contribution in [3.05, 3.63) is 33.5 Å². The van der Waals surface area contributed by atoms with E-state index in [1.165, 1.54) is 11.8 Å². The van der Waals surface area contributed by atoms with Crippen molar-refractivity contribution in [3.63, 3.8) is 0 Å². The number of nitrogens with zero attached hydrogens (tertiary/aromatic N) is 2. The van der Waals surface area contributed by atoms with Gasteiger partial charge in [-0.2, -0.15) is 0 Å². The monoisotopic (exact) mass is 395 g/mol. The number of anilines is 1. The molecular formula is C18H19F2N3O3S. The van der Waals surface area contributed by atoms with Crippen LogP contribution in [0.3, 0.4) is 0 Å². The number of esters is 1. The van der Waals surface area contributed by atoms with Crippen molar-refractivity contribution in [1.82, 2.24) is 9.88 Å². The zero-order chi connectivity index (χ0) is 19.3. The molecule has 1 unspecified atom stereocenters. The summed E-state index contributed by atoms with van der Waals surface area (Å²) in [6.45, 7) is 5.25. The molecule has 2 aromatic rings. The molecular weight excluding hydrogens is 376 g/mol. The Hall–Kier alpha value is -2.13. The van der Waals surface area contributed by atoms with Crippen molar-refractivity contribution in [1.29, 1.82) is 0 Å². The molecule has 1 aromatic heterocycles. The van der Waals surface area contributed by atoms with E-state index in [4.69, 9.17) is 4.74 Å². The molecule has 1 saturated heterocycles. The maximum atomic E-state index is 15.4. The topological polar surface area (TPSA) is 63.6 Å². The number of piperazine rings is 1. The van der Waals surface area contributed by atoms with Crippen LogP contribution in [0.1, 0.15) is 24.2 Å². The van der Waals surface area contributed by atoms with E-state index in [0.717, 1.165) is 6.07 Å². The van der Waals surface area contributed by atoms with Crippen LogP contribution >= 0.6 is 11.8 Å². The fraction of sp³-hybridized carbons (Fsp3) is 0.444. The number of rotatable bonds is 3. The number of carbonyl (C=O) groups is 1. The first-order valence-corrected chi connectivity index (χ1v) is 9.79. The van der Waals surface area contributed by atoms with Crippen LogP contribution in [0.4, 0.5) is 14.5 Å². The van der Waals surface area contributed by atoms with Crippen molar-refractivity contribution < 1.29 is 18.3 Å². The molecule has 2 aliphatic rings. The van der Waals surface area contributed by atoms with Crippen LogP contribution in [0, 0.1) is 11.6 Å². The van der Waals surface area contributed by atoms with Crippen molar-refractivity contribution in [3.8, 4) is 0 Å². The van der Waals surface area contributed by atoms with Gasteiger partial charge in [0.25, 0.3) is 0 Å². The Labute approximate surface area is 158 Å². The van der Waals surface area contributed by atoms with Gasteiger partial charge in [0.2, 0.25) is 5.43 Å². The van der Waals surface area contributed by atoms with Gasteiger partial charge in [-0.3, -0.25) is 4.79 Å². The number of nitrogens with one attached hydrogen (secondary N) is 1. The zero-order valence-electron chi connectivity index (χ0n) is 15.0. The summed E-state index contributed by atoms with van der Waals surface area (Å²) in [6.07, 6.45) is 0. The molecule has 0 amide bonds. The third-order valence-corrected chi connectivity index (χ3v) is 5.95. The van der Waals surface area contributed by atoms with E-state index in [0.29, 0.717) is 30.5 Å². The standard InChI is InChI=1S/C18H19F2N3O3S/c1-3-26-18(25)12-16(24)10-6-11(19)15(22-5-4-21-9(2)7-22)13(20)14(10)23-8-27-17(12)23/h6,9,21H,3-5,7-8H2,1-2H3. The van der Waals surface area contributed by atoms with Gasteiger partial charge in [0.05, 0.1) is 28.4 Å². The quantitative estimate of drug-likeness (QED) is 0.805. The highest BCUT2D eigenvalue weighted by Crippen LogP contribution is 2.40. The van der Waals surface area contributed by atoms with Crippen LogP contribution in [0.5, 0.6) is 0 Å². The van der Waals surface area contributed by atoms with Crippen LogP contribution in [-0.4, -0.2) is 42.8 Å². The lowest BCUT2D eigenvalue weighted by Gasteiger charge is -2.35. The largest absolute Gasteiger partial charge is 0.462 e. The molecule has 1 fully saturated rings. The average molecular weight is 395 g/mol. The summed E-state index contributed by atoms with van der Waals surface area (Å²) < 4.78 is 36.7. The smallest absolute Gasteiger partial charge is 0.344 e. The van der Waals surface area contributed by atoms with Crippen LogP contribution in [-0.2, 0) is 10.6 Å². The van der Waals surface area contributed by atoms with Gasteiger partial charge in [-0.15, -0.1) is 0 Å². The van der Waals surface area contributed by atoms with E-state index in [-0.39, 0.29) is 34.8 Å².